The van der Waals surface area contributed by atoms with Crippen LogP contribution in [0.15, 0.2) is 24.3 Å². The second kappa shape index (κ2) is 32.2. The van der Waals surface area contributed by atoms with Crippen LogP contribution < -0.4 is 0 Å². The van der Waals surface area contributed by atoms with Crippen LogP contribution in [0.25, 0.3) is 0 Å². The Kier molecular flexibility index (Phi) is 31.4. The van der Waals surface area contributed by atoms with E-state index in [0.717, 1.165) is 32.1 Å². The van der Waals surface area contributed by atoms with E-state index in [1.807, 2.05) is 0 Å². The number of allylic oxidation sites excluding steroid dienone is 4. The van der Waals surface area contributed by atoms with Gasteiger partial charge in [-0.3, -0.25) is 4.79 Å². The molecule has 0 aliphatic carbocycles. The van der Waals surface area contributed by atoms with Gasteiger partial charge in [-0.15, -0.1) is 0 Å². The van der Waals surface area contributed by atoms with Crippen molar-refractivity contribution < 1.29 is 4.79 Å². The Bertz CT molecular complexity index is 475. The third-order valence-corrected chi connectivity index (χ3v) is 7.47. The molecule has 0 radical (unpaired) electrons. The molecule has 0 saturated carbocycles. The van der Waals surface area contributed by atoms with Crippen molar-refractivity contribution in [3.05, 3.63) is 24.3 Å². The number of Topliss-reactive ketones (excluding diaryl/α,β-unsaturated/α-hetero) is 1. The second-order valence-corrected chi connectivity index (χ2v) is 11.2. The number of hydrogen-bond acceptors (Lipinski definition) is 1. The molecule has 36 heavy (non-hydrogen) atoms. The summed E-state index contributed by atoms with van der Waals surface area (Å²) < 4.78 is 0. The van der Waals surface area contributed by atoms with Gasteiger partial charge in [0, 0.05) is 12.8 Å². The van der Waals surface area contributed by atoms with E-state index in [1.54, 1.807) is 0 Å². The van der Waals surface area contributed by atoms with Crippen LogP contribution in [0.3, 0.4) is 0 Å². The molecule has 0 amide bonds. The zero-order valence-electron chi connectivity index (χ0n) is 25.0. The number of carbonyl (C=O) groups is 1. The molecule has 0 bridgehead atoms. The van der Waals surface area contributed by atoms with Gasteiger partial charge >= 0.3 is 0 Å². The molecule has 0 aliphatic heterocycles. The van der Waals surface area contributed by atoms with Crippen LogP contribution in [0.1, 0.15) is 194 Å². The largest absolute Gasteiger partial charge is 0.300 e. The van der Waals surface area contributed by atoms with Gasteiger partial charge in [-0.2, -0.15) is 0 Å². The molecule has 0 saturated heterocycles. The highest BCUT2D eigenvalue weighted by molar-refractivity contribution is 5.78. The third kappa shape index (κ3) is 31.2. The predicted octanol–water partition coefficient (Wildman–Crippen LogP) is 12.6. The van der Waals surface area contributed by atoms with E-state index in [-0.39, 0.29) is 0 Å². The lowest BCUT2D eigenvalue weighted by Gasteiger charge is -2.04. The lowest BCUT2D eigenvalue weighted by atomic mass is 10.0. The third-order valence-electron chi connectivity index (χ3n) is 7.47. The van der Waals surface area contributed by atoms with Crippen LogP contribution in [0, 0.1) is 0 Å². The van der Waals surface area contributed by atoms with Crippen molar-refractivity contribution in [3.8, 4) is 0 Å². The van der Waals surface area contributed by atoms with E-state index in [4.69, 9.17) is 0 Å². The van der Waals surface area contributed by atoms with Crippen molar-refractivity contribution in [2.24, 2.45) is 0 Å². The summed E-state index contributed by atoms with van der Waals surface area (Å²) in [5, 5.41) is 0. The highest BCUT2D eigenvalue weighted by atomic mass is 16.1. The van der Waals surface area contributed by atoms with Crippen molar-refractivity contribution in [1.29, 1.82) is 0 Å². The second-order valence-electron chi connectivity index (χ2n) is 11.2. The fraction of sp³-hybridized carbons (Fsp3) is 0.857. The van der Waals surface area contributed by atoms with Crippen LogP contribution in [-0.4, -0.2) is 5.78 Å². The molecule has 0 fully saturated rings. The predicted molar refractivity (Wildman–Crippen MR) is 164 cm³/mol. The standard InChI is InChI=1S/C35H66O/c1-3-5-7-9-11-13-15-17-19-20-22-24-26-28-30-32-34-35(36)33-31-29-27-25-23-21-18-16-14-12-10-8-6-4-2/h11,13,17,19H,3-10,12,14-16,18,20-34H2,1-2H3/b13-11-,19-17-. The summed E-state index contributed by atoms with van der Waals surface area (Å²) in [5.41, 5.74) is 0. The molecule has 0 aliphatic rings. The molecule has 1 heteroatoms. The van der Waals surface area contributed by atoms with Gasteiger partial charge in [0.1, 0.15) is 5.78 Å². The Hall–Kier alpha value is -0.850. The molecule has 0 aromatic carbocycles. The molecule has 0 atom stereocenters. The van der Waals surface area contributed by atoms with E-state index in [9.17, 15) is 4.79 Å². The Morgan fingerprint density at radius 3 is 1.11 bits per heavy atom. The fourth-order valence-corrected chi connectivity index (χ4v) is 4.95. The quantitative estimate of drug-likeness (QED) is 0.0704. The van der Waals surface area contributed by atoms with Gasteiger partial charge in [0.2, 0.25) is 0 Å². The van der Waals surface area contributed by atoms with Gasteiger partial charge in [0.25, 0.3) is 0 Å². The molecule has 0 heterocycles. The van der Waals surface area contributed by atoms with E-state index in [1.165, 1.54) is 148 Å². The lowest BCUT2D eigenvalue weighted by Crippen LogP contribution is -1.97. The van der Waals surface area contributed by atoms with Gasteiger partial charge in [-0.1, -0.05) is 160 Å². The number of rotatable bonds is 30. The maximum absolute atomic E-state index is 12.1. The molecule has 0 rings (SSSR count). The molecule has 1 nitrogen and oxygen atoms in total. The average molecular weight is 503 g/mol. The number of unbranched alkanes of at least 4 members (excludes halogenated alkanes) is 22. The van der Waals surface area contributed by atoms with E-state index < -0.39 is 0 Å². The Morgan fingerprint density at radius 2 is 0.694 bits per heavy atom. The summed E-state index contributed by atoms with van der Waals surface area (Å²) in [6.45, 7) is 4.55. The topological polar surface area (TPSA) is 17.1 Å². The molecular weight excluding hydrogens is 436 g/mol. The van der Waals surface area contributed by atoms with Gasteiger partial charge in [-0.25, -0.2) is 0 Å². The highest BCUT2D eigenvalue weighted by Crippen LogP contribution is 2.14. The minimum Gasteiger partial charge on any atom is -0.300 e. The Balaban J connectivity index is 3.22. The van der Waals surface area contributed by atoms with Crippen molar-refractivity contribution in [2.45, 2.75) is 194 Å². The minimum atomic E-state index is 0.512. The van der Waals surface area contributed by atoms with Gasteiger partial charge in [-0.05, 0) is 44.9 Å². The van der Waals surface area contributed by atoms with Crippen molar-refractivity contribution in [2.75, 3.05) is 0 Å². The summed E-state index contributed by atoms with van der Waals surface area (Å²) in [7, 11) is 0. The SMILES string of the molecule is CCCCC/C=C\C/C=C\CCCCCCCCC(=O)CCCCCCCCCCCCCCCC. The van der Waals surface area contributed by atoms with E-state index in [0.29, 0.717) is 5.78 Å². The van der Waals surface area contributed by atoms with E-state index in [2.05, 4.69) is 38.2 Å². The molecule has 212 valence electrons. The van der Waals surface area contributed by atoms with E-state index >= 15 is 0 Å². The first-order valence-electron chi connectivity index (χ1n) is 16.6. The van der Waals surface area contributed by atoms with Gasteiger partial charge in [0.05, 0.1) is 0 Å². The zero-order chi connectivity index (χ0) is 26.2. The highest BCUT2D eigenvalue weighted by Gasteiger charge is 2.02. The maximum atomic E-state index is 12.1. The smallest absolute Gasteiger partial charge is 0.132 e. The van der Waals surface area contributed by atoms with Gasteiger partial charge in [0.15, 0.2) is 0 Å². The fourth-order valence-electron chi connectivity index (χ4n) is 4.95. The van der Waals surface area contributed by atoms with Crippen LogP contribution in [0.2, 0.25) is 0 Å². The normalized spacial score (nSPS) is 11.8. The van der Waals surface area contributed by atoms with Crippen molar-refractivity contribution in [3.63, 3.8) is 0 Å². The first kappa shape index (κ1) is 35.2. The molecule has 0 aromatic heterocycles. The summed E-state index contributed by atoms with van der Waals surface area (Å²) in [6, 6.07) is 0. The van der Waals surface area contributed by atoms with Crippen LogP contribution in [-0.2, 0) is 4.79 Å². The number of carbonyl (C=O) groups excluding carboxylic acids is 1. The number of ketones is 1. The molecule has 0 unspecified atom stereocenters. The monoisotopic (exact) mass is 503 g/mol. The Morgan fingerprint density at radius 1 is 0.389 bits per heavy atom. The molecular formula is C35H66O. The number of hydrogen-bond donors (Lipinski definition) is 0. The van der Waals surface area contributed by atoms with Gasteiger partial charge < -0.3 is 0 Å². The minimum absolute atomic E-state index is 0.512. The Labute approximate surface area is 228 Å². The molecule has 0 aromatic rings. The van der Waals surface area contributed by atoms with Crippen LogP contribution in [0.4, 0.5) is 0 Å². The summed E-state index contributed by atoms with van der Waals surface area (Å²) >= 11 is 0. The zero-order valence-corrected chi connectivity index (χ0v) is 25.0. The summed E-state index contributed by atoms with van der Waals surface area (Å²) in [6.07, 6.45) is 45.5. The van der Waals surface area contributed by atoms with Crippen LogP contribution >= 0.6 is 0 Å². The summed E-state index contributed by atoms with van der Waals surface area (Å²) in [4.78, 5) is 12.1. The molecule has 0 N–H and O–H groups in total. The van der Waals surface area contributed by atoms with Crippen molar-refractivity contribution in [1.82, 2.24) is 0 Å². The lowest BCUT2D eigenvalue weighted by molar-refractivity contribution is -0.119. The van der Waals surface area contributed by atoms with Crippen molar-refractivity contribution >= 4 is 5.78 Å². The molecule has 0 spiro atoms. The average Bonchev–Trinajstić information content (AvgIpc) is 2.88. The first-order chi connectivity index (χ1) is 17.8. The van der Waals surface area contributed by atoms with Crippen LogP contribution in [0.5, 0.6) is 0 Å². The maximum Gasteiger partial charge on any atom is 0.132 e. The first-order valence-corrected chi connectivity index (χ1v) is 16.6. The summed E-state index contributed by atoms with van der Waals surface area (Å²) in [5.74, 6) is 0.512.